The Balaban J connectivity index is 2.48. The largest absolute Gasteiger partial charge is 0.509 e. The van der Waals surface area contributed by atoms with Crippen LogP contribution in [0.3, 0.4) is 0 Å². The Hall–Kier alpha value is -1.06. The highest BCUT2D eigenvalue weighted by atomic mass is 16.8. The number of hydrogen-bond acceptors (Lipinski definition) is 4. The summed E-state index contributed by atoms with van der Waals surface area (Å²) in [4.78, 5) is 20.6. The molecule has 1 aliphatic heterocycles. The molecule has 4 nitrogen and oxygen atoms in total. The number of hydrogen-bond donors (Lipinski definition) is 0. The Bertz CT molecular complexity index is 151. The molecule has 0 N–H and O–H groups in total. The summed E-state index contributed by atoms with van der Waals surface area (Å²) in [6.45, 7) is 1.42. The van der Waals surface area contributed by atoms with Gasteiger partial charge >= 0.3 is 6.16 Å². The van der Waals surface area contributed by atoms with Gasteiger partial charge in [-0.1, -0.05) is 0 Å². The van der Waals surface area contributed by atoms with Gasteiger partial charge in [0, 0.05) is 0 Å². The van der Waals surface area contributed by atoms with Crippen LogP contribution in [0, 0.1) is 0 Å². The van der Waals surface area contributed by atoms with E-state index < -0.39 is 12.3 Å². The van der Waals surface area contributed by atoms with Crippen molar-refractivity contribution in [2.24, 2.45) is 0 Å². The summed E-state index contributed by atoms with van der Waals surface area (Å²) in [6.07, 6.45) is -1.42. The molecule has 1 rings (SSSR count). The van der Waals surface area contributed by atoms with Crippen LogP contribution in [0.15, 0.2) is 0 Å². The van der Waals surface area contributed by atoms with Crippen LogP contribution in [0.4, 0.5) is 4.79 Å². The van der Waals surface area contributed by atoms with Crippen LogP contribution in [0.2, 0.25) is 0 Å². The molecule has 1 atom stereocenters. The lowest BCUT2D eigenvalue weighted by atomic mass is 10.3. The molecule has 1 fully saturated rings. The van der Waals surface area contributed by atoms with Crippen molar-refractivity contribution in [3.05, 3.63) is 0 Å². The second-order valence-electron chi connectivity index (χ2n) is 1.78. The van der Waals surface area contributed by atoms with E-state index in [0.717, 1.165) is 0 Å². The number of rotatable bonds is 1. The van der Waals surface area contributed by atoms with Crippen LogP contribution >= 0.6 is 0 Å². The van der Waals surface area contributed by atoms with Crippen molar-refractivity contribution >= 4 is 11.9 Å². The van der Waals surface area contributed by atoms with Crippen LogP contribution in [0.1, 0.15) is 6.92 Å². The zero-order valence-electron chi connectivity index (χ0n) is 4.92. The molecular formula is C5H6O4. The summed E-state index contributed by atoms with van der Waals surface area (Å²) in [5, 5.41) is 0. The lowest BCUT2D eigenvalue weighted by Crippen LogP contribution is -2.19. The van der Waals surface area contributed by atoms with E-state index in [9.17, 15) is 9.59 Å². The number of cyclic esters (lactones) is 2. The minimum absolute atomic E-state index is 0.0637. The van der Waals surface area contributed by atoms with Crippen molar-refractivity contribution in [3.8, 4) is 0 Å². The summed E-state index contributed by atoms with van der Waals surface area (Å²) < 4.78 is 8.76. The molecular weight excluding hydrogens is 124 g/mol. The van der Waals surface area contributed by atoms with Crippen LogP contribution in [-0.2, 0) is 14.3 Å². The maximum Gasteiger partial charge on any atom is 0.509 e. The quantitative estimate of drug-likeness (QED) is 0.473. The highest BCUT2D eigenvalue weighted by Gasteiger charge is 2.28. The predicted octanol–water partition coefficient (Wildman–Crippen LogP) is 0.111. The fraction of sp³-hybridized carbons (Fsp3) is 0.600. The van der Waals surface area contributed by atoms with Crippen molar-refractivity contribution < 1.29 is 19.1 Å². The summed E-state index contributed by atoms with van der Waals surface area (Å²) in [7, 11) is 0. The van der Waals surface area contributed by atoms with Crippen molar-refractivity contribution in [2.75, 3.05) is 6.61 Å². The molecule has 0 aromatic carbocycles. The van der Waals surface area contributed by atoms with Gasteiger partial charge < -0.3 is 9.47 Å². The topological polar surface area (TPSA) is 52.6 Å². The first-order valence-corrected chi connectivity index (χ1v) is 2.54. The molecule has 0 aromatic rings. The molecule has 0 spiro atoms. The first-order chi connectivity index (χ1) is 4.20. The first kappa shape index (κ1) is 6.07. The van der Waals surface area contributed by atoms with Crippen LogP contribution in [0.5, 0.6) is 0 Å². The predicted molar refractivity (Wildman–Crippen MR) is 26.9 cm³/mol. The Morgan fingerprint density at radius 1 is 1.78 bits per heavy atom. The molecule has 0 aliphatic carbocycles. The average Bonchev–Trinajstić information content (AvgIpc) is 2.14. The summed E-state index contributed by atoms with van der Waals surface area (Å²) >= 11 is 0. The molecule has 4 heteroatoms. The van der Waals surface area contributed by atoms with Crippen molar-refractivity contribution in [1.82, 2.24) is 0 Å². The number of ketones is 1. The molecule has 9 heavy (non-hydrogen) atoms. The van der Waals surface area contributed by atoms with Crippen LogP contribution in [0.25, 0.3) is 0 Å². The van der Waals surface area contributed by atoms with Gasteiger partial charge in [-0.2, -0.15) is 0 Å². The average molecular weight is 130 g/mol. The lowest BCUT2D eigenvalue weighted by Gasteiger charge is -1.96. The first-order valence-electron chi connectivity index (χ1n) is 2.54. The standard InChI is InChI=1S/C5H6O4/c1-3(6)4-2-8-5(7)9-4/h4H,2H2,1H3. The minimum atomic E-state index is -0.754. The van der Waals surface area contributed by atoms with E-state index in [2.05, 4.69) is 9.47 Å². The Labute approximate surface area is 51.7 Å². The van der Waals surface area contributed by atoms with E-state index in [1.165, 1.54) is 6.92 Å². The Kier molecular flexibility index (Phi) is 1.38. The molecule has 0 amide bonds. The van der Waals surface area contributed by atoms with Gasteiger partial charge in [0.05, 0.1) is 0 Å². The van der Waals surface area contributed by atoms with Gasteiger partial charge in [0.15, 0.2) is 11.9 Å². The fourth-order valence-electron chi connectivity index (χ4n) is 0.528. The van der Waals surface area contributed by atoms with Gasteiger partial charge in [-0.3, -0.25) is 4.79 Å². The maximum absolute atomic E-state index is 10.4. The molecule has 0 saturated carbocycles. The summed E-state index contributed by atoms with van der Waals surface area (Å²) in [5.74, 6) is -0.180. The van der Waals surface area contributed by atoms with Gasteiger partial charge in [-0.05, 0) is 6.92 Å². The Morgan fingerprint density at radius 3 is 2.67 bits per heavy atom. The second-order valence-corrected chi connectivity index (χ2v) is 1.78. The molecule has 1 unspecified atom stereocenters. The van der Waals surface area contributed by atoms with Gasteiger partial charge in [-0.25, -0.2) is 4.79 Å². The smallest absolute Gasteiger partial charge is 0.430 e. The van der Waals surface area contributed by atoms with E-state index >= 15 is 0 Å². The molecule has 0 aromatic heterocycles. The van der Waals surface area contributed by atoms with Gasteiger partial charge in [0.25, 0.3) is 0 Å². The van der Waals surface area contributed by atoms with E-state index in [1.807, 2.05) is 0 Å². The SMILES string of the molecule is CC(=O)C1COC(=O)O1. The third-order valence-corrected chi connectivity index (χ3v) is 1.04. The van der Waals surface area contributed by atoms with Crippen LogP contribution < -0.4 is 0 Å². The highest BCUT2D eigenvalue weighted by Crippen LogP contribution is 2.05. The zero-order valence-corrected chi connectivity index (χ0v) is 4.92. The number of carbonyl (C=O) groups excluding carboxylic acids is 2. The molecule has 1 saturated heterocycles. The fourth-order valence-corrected chi connectivity index (χ4v) is 0.528. The highest BCUT2D eigenvalue weighted by molar-refractivity contribution is 5.84. The second kappa shape index (κ2) is 2.05. The molecule has 1 heterocycles. The molecule has 1 aliphatic rings. The number of Topliss-reactive ketones (excluding diaryl/α,β-unsaturated/α-hetero) is 1. The van der Waals surface area contributed by atoms with E-state index in [1.54, 1.807) is 0 Å². The third kappa shape index (κ3) is 1.19. The maximum atomic E-state index is 10.4. The van der Waals surface area contributed by atoms with Crippen molar-refractivity contribution in [3.63, 3.8) is 0 Å². The molecule has 0 bridgehead atoms. The monoisotopic (exact) mass is 130 g/mol. The normalized spacial score (nSPS) is 25.0. The van der Waals surface area contributed by atoms with E-state index in [0.29, 0.717) is 0 Å². The summed E-state index contributed by atoms with van der Waals surface area (Å²) in [6, 6.07) is 0. The number of carbonyl (C=O) groups is 2. The van der Waals surface area contributed by atoms with E-state index in [-0.39, 0.29) is 12.4 Å². The van der Waals surface area contributed by atoms with Crippen LogP contribution in [-0.4, -0.2) is 24.6 Å². The zero-order chi connectivity index (χ0) is 6.85. The Morgan fingerprint density at radius 2 is 2.44 bits per heavy atom. The lowest BCUT2D eigenvalue weighted by molar-refractivity contribution is -0.123. The van der Waals surface area contributed by atoms with Crippen molar-refractivity contribution in [1.29, 1.82) is 0 Å². The van der Waals surface area contributed by atoms with E-state index in [4.69, 9.17) is 0 Å². The molecule has 50 valence electrons. The van der Waals surface area contributed by atoms with Gasteiger partial charge in [0.2, 0.25) is 0 Å². The minimum Gasteiger partial charge on any atom is -0.430 e. The third-order valence-electron chi connectivity index (χ3n) is 1.04. The van der Waals surface area contributed by atoms with Gasteiger partial charge in [0.1, 0.15) is 6.61 Å². The van der Waals surface area contributed by atoms with Gasteiger partial charge in [-0.15, -0.1) is 0 Å². The molecule has 0 radical (unpaired) electrons. The van der Waals surface area contributed by atoms with Crippen molar-refractivity contribution in [2.45, 2.75) is 13.0 Å². The number of ether oxygens (including phenoxy) is 2. The summed E-state index contributed by atoms with van der Waals surface area (Å²) in [5.41, 5.74) is 0.